The van der Waals surface area contributed by atoms with Crippen molar-refractivity contribution in [2.75, 3.05) is 6.61 Å². The van der Waals surface area contributed by atoms with E-state index >= 15 is 0 Å². The van der Waals surface area contributed by atoms with Crippen LogP contribution in [0.1, 0.15) is 32.1 Å². The van der Waals surface area contributed by atoms with Crippen molar-refractivity contribution in [3.05, 3.63) is 60.2 Å². The van der Waals surface area contributed by atoms with Crippen LogP contribution in [0.3, 0.4) is 0 Å². The van der Waals surface area contributed by atoms with Crippen molar-refractivity contribution in [2.45, 2.75) is 26.3 Å². The fourth-order valence-corrected chi connectivity index (χ4v) is 2.76. The summed E-state index contributed by atoms with van der Waals surface area (Å²) in [4.78, 5) is 20.2. The predicted molar refractivity (Wildman–Crippen MR) is 98.3 cm³/mol. The fraction of sp³-hybridized carbons (Fsp3) is 0.300. The largest absolute Gasteiger partial charge is 0.481 e. The van der Waals surface area contributed by atoms with E-state index in [0.717, 1.165) is 17.5 Å². The molecule has 2 unspecified atom stereocenters. The van der Waals surface area contributed by atoms with Crippen LogP contribution in [0.5, 0.6) is 5.75 Å². The van der Waals surface area contributed by atoms with Gasteiger partial charge in [0.2, 0.25) is 0 Å². The maximum absolute atomic E-state index is 13.6. The Labute approximate surface area is 151 Å². The molecule has 0 saturated carbocycles. The summed E-state index contributed by atoms with van der Waals surface area (Å²) in [6, 6.07) is 13.5. The number of para-hydroxylation sites is 3. The number of carbonyl (C=O) groups is 1. The Balaban J connectivity index is 1.72. The van der Waals surface area contributed by atoms with Crippen LogP contribution >= 0.6 is 0 Å². The monoisotopic (exact) mass is 355 g/mol. The summed E-state index contributed by atoms with van der Waals surface area (Å²) in [5.74, 6) is 0.134. The number of nitrogens with zero attached hydrogens (tertiary/aromatic N) is 1. The molecular formula is C20H22FN3O2. The van der Waals surface area contributed by atoms with Crippen molar-refractivity contribution < 1.29 is 13.9 Å². The third kappa shape index (κ3) is 4.02. The van der Waals surface area contributed by atoms with Crippen LogP contribution in [0.25, 0.3) is 11.0 Å². The molecule has 0 radical (unpaired) electrons. The van der Waals surface area contributed by atoms with Gasteiger partial charge in [0.25, 0.3) is 5.91 Å². The van der Waals surface area contributed by atoms with Crippen LogP contribution in [0.15, 0.2) is 48.5 Å². The number of aromatic amines is 1. The van der Waals surface area contributed by atoms with Gasteiger partial charge in [0.1, 0.15) is 5.82 Å². The van der Waals surface area contributed by atoms with Crippen LogP contribution in [0, 0.1) is 11.7 Å². The number of aromatic nitrogens is 2. The van der Waals surface area contributed by atoms with Gasteiger partial charge in [-0.2, -0.15) is 0 Å². The van der Waals surface area contributed by atoms with E-state index in [0.29, 0.717) is 5.82 Å². The third-order valence-corrected chi connectivity index (χ3v) is 4.43. The van der Waals surface area contributed by atoms with Gasteiger partial charge in [-0.05, 0) is 30.2 Å². The first kappa shape index (κ1) is 17.9. The number of nitrogens with one attached hydrogen (secondary N) is 2. The molecule has 0 aliphatic rings. The number of ether oxygens (including phenoxy) is 1. The maximum Gasteiger partial charge on any atom is 0.258 e. The normalized spacial score (nSPS) is 13.3. The van der Waals surface area contributed by atoms with Crippen LogP contribution in [0.4, 0.5) is 4.39 Å². The lowest BCUT2D eigenvalue weighted by Crippen LogP contribution is -2.36. The molecular weight excluding hydrogens is 333 g/mol. The summed E-state index contributed by atoms with van der Waals surface area (Å²) < 4.78 is 18.9. The van der Waals surface area contributed by atoms with Gasteiger partial charge in [0, 0.05) is 0 Å². The molecule has 0 aliphatic heterocycles. The van der Waals surface area contributed by atoms with Crippen LogP contribution in [-0.4, -0.2) is 22.5 Å². The molecule has 0 fully saturated rings. The molecule has 5 nitrogen and oxygen atoms in total. The molecule has 1 amide bonds. The van der Waals surface area contributed by atoms with Crippen molar-refractivity contribution >= 4 is 16.9 Å². The number of hydrogen-bond donors (Lipinski definition) is 2. The number of halogens is 1. The molecule has 26 heavy (non-hydrogen) atoms. The lowest BCUT2D eigenvalue weighted by molar-refractivity contribution is -0.124. The molecule has 0 spiro atoms. The van der Waals surface area contributed by atoms with Crippen LogP contribution in [-0.2, 0) is 4.79 Å². The van der Waals surface area contributed by atoms with Crippen molar-refractivity contribution in [3.8, 4) is 5.75 Å². The highest BCUT2D eigenvalue weighted by Gasteiger charge is 2.23. The molecule has 136 valence electrons. The summed E-state index contributed by atoms with van der Waals surface area (Å²) in [6.07, 6.45) is 0.871. The zero-order chi connectivity index (χ0) is 18.5. The molecule has 0 bridgehead atoms. The van der Waals surface area contributed by atoms with Gasteiger partial charge in [-0.25, -0.2) is 9.37 Å². The summed E-state index contributed by atoms with van der Waals surface area (Å²) in [6.45, 7) is 3.85. The van der Waals surface area contributed by atoms with E-state index in [1.165, 1.54) is 12.1 Å². The lowest BCUT2D eigenvalue weighted by Gasteiger charge is -2.22. The first-order valence-corrected chi connectivity index (χ1v) is 8.69. The van der Waals surface area contributed by atoms with Crippen molar-refractivity contribution in [3.63, 3.8) is 0 Å². The topological polar surface area (TPSA) is 67.0 Å². The molecule has 3 aromatic rings. The SMILES string of the molecule is CCC(C)C(NC(=O)COc1ccccc1F)c1nc2ccccc2[nH]1. The lowest BCUT2D eigenvalue weighted by atomic mass is 9.98. The first-order valence-electron chi connectivity index (χ1n) is 8.69. The summed E-state index contributed by atoms with van der Waals surface area (Å²) in [7, 11) is 0. The molecule has 1 heterocycles. The van der Waals surface area contributed by atoms with E-state index in [9.17, 15) is 9.18 Å². The maximum atomic E-state index is 13.6. The average molecular weight is 355 g/mol. The van der Waals surface area contributed by atoms with Crippen molar-refractivity contribution in [1.29, 1.82) is 0 Å². The van der Waals surface area contributed by atoms with E-state index in [1.54, 1.807) is 12.1 Å². The van der Waals surface area contributed by atoms with E-state index in [2.05, 4.69) is 29.1 Å². The van der Waals surface area contributed by atoms with Gasteiger partial charge in [-0.3, -0.25) is 4.79 Å². The Hall–Kier alpha value is -2.89. The van der Waals surface area contributed by atoms with Gasteiger partial charge in [0.05, 0.1) is 17.1 Å². The zero-order valence-electron chi connectivity index (χ0n) is 14.8. The summed E-state index contributed by atoms with van der Waals surface area (Å²) >= 11 is 0. The van der Waals surface area contributed by atoms with Gasteiger partial charge >= 0.3 is 0 Å². The highest BCUT2D eigenvalue weighted by Crippen LogP contribution is 2.24. The van der Waals surface area contributed by atoms with Gasteiger partial charge in [0.15, 0.2) is 18.2 Å². The van der Waals surface area contributed by atoms with Crippen LogP contribution in [0.2, 0.25) is 0 Å². The number of amides is 1. The second kappa shape index (κ2) is 7.99. The second-order valence-corrected chi connectivity index (χ2v) is 6.29. The number of carbonyl (C=O) groups excluding carboxylic acids is 1. The van der Waals surface area contributed by atoms with E-state index in [4.69, 9.17) is 4.74 Å². The zero-order valence-corrected chi connectivity index (χ0v) is 14.8. The molecule has 2 N–H and O–H groups in total. The Bertz CT molecular complexity index is 860. The minimum Gasteiger partial charge on any atom is -0.481 e. The van der Waals surface area contributed by atoms with E-state index < -0.39 is 5.82 Å². The highest BCUT2D eigenvalue weighted by molar-refractivity contribution is 5.78. The minimum atomic E-state index is -0.490. The minimum absolute atomic E-state index is 0.0616. The van der Waals surface area contributed by atoms with Gasteiger partial charge in [-0.15, -0.1) is 0 Å². The van der Waals surface area contributed by atoms with Crippen molar-refractivity contribution in [2.24, 2.45) is 5.92 Å². The number of H-pyrrole nitrogens is 1. The molecule has 3 rings (SSSR count). The Morgan fingerprint density at radius 3 is 2.69 bits per heavy atom. The molecule has 1 aromatic heterocycles. The number of rotatable bonds is 7. The fourth-order valence-electron chi connectivity index (χ4n) is 2.76. The number of fused-ring (bicyclic) bond motifs is 1. The molecule has 6 heteroatoms. The first-order chi connectivity index (χ1) is 12.6. The van der Waals surface area contributed by atoms with E-state index in [1.807, 2.05) is 24.3 Å². The smallest absolute Gasteiger partial charge is 0.258 e. The third-order valence-electron chi connectivity index (χ3n) is 4.43. The number of hydrogen-bond acceptors (Lipinski definition) is 3. The molecule has 0 aliphatic carbocycles. The standard InChI is InChI=1S/C20H22FN3O2/c1-3-13(2)19(20-22-15-9-5-6-10-16(15)23-20)24-18(25)12-26-17-11-7-4-8-14(17)21/h4-11,13,19H,3,12H2,1-2H3,(H,22,23)(H,24,25). The summed E-state index contributed by atoms with van der Waals surface area (Å²) in [5, 5.41) is 2.95. The van der Waals surface area contributed by atoms with E-state index in [-0.39, 0.29) is 30.2 Å². The molecule has 0 saturated heterocycles. The number of benzene rings is 2. The van der Waals surface area contributed by atoms with Crippen LogP contribution < -0.4 is 10.1 Å². The van der Waals surface area contributed by atoms with Gasteiger partial charge < -0.3 is 15.0 Å². The highest BCUT2D eigenvalue weighted by atomic mass is 19.1. The second-order valence-electron chi connectivity index (χ2n) is 6.29. The molecule has 2 aromatic carbocycles. The Morgan fingerprint density at radius 2 is 1.96 bits per heavy atom. The average Bonchev–Trinajstić information content (AvgIpc) is 3.08. The number of imidazole rings is 1. The van der Waals surface area contributed by atoms with Crippen molar-refractivity contribution in [1.82, 2.24) is 15.3 Å². The predicted octanol–water partition coefficient (Wildman–Crippen LogP) is 3.98. The Morgan fingerprint density at radius 1 is 1.23 bits per heavy atom. The summed E-state index contributed by atoms with van der Waals surface area (Å²) in [5.41, 5.74) is 1.78. The Kier molecular flexibility index (Phi) is 5.51. The quantitative estimate of drug-likeness (QED) is 0.673. The van der Waals surface area contributed by atoms with Gasteiger partial charge in [-0.1, -0.05) is 44.5 Å². The molecule has 2 atom stereocenters.